The van der Waals surface area contributed by atoms with Crippen LogP contribution in [0.3, 0.4) is 0 Å². The first-order chi connectivity index (χ1) is 12.1. The number of hydrogen-bond acceptors (Lipinski definition) is 3. The van der Waals surface area contributed by atoms with Gasteiger partial charge in [-0.25, -0.2) is 0 Å². The largest absolute Gasteiger partial charge is 0.377 e. The predicted octanol–water partition coefficient (Wildman–Crippen LogP) is 2.99. The van der Waals surface area contributed by atoms with Crippen molar-refractivity contribution < 1.29 is 4.74 Å². The van der Waals surface area contributed by atoms with Gasteiger partial charge in [-0.05, 0) is 52.9 Å². The molecule has 26 heavy (non-hydrogen) atoms. The smallest absolute Gasteiger partial charge is 0.191 e. The summed E-state index contributed by atoms with van der Waals surface area (Å²) < 4.78 is 6.06. The van der Waals surface area contributed by atoms with E-state index in [-0.39, 0.29) is 24.0 Å². The van der Waals surface area contributed by atoms with Gasteiger partial charge in [0, 0.05) is 55.7 Å². The van der Waals surface area contributed by atoms with Crippen LogP contribution in [0.5, 0.6) is 0 Å². The zero-order valence-electron chi connectivity index (χ0n) is 16.7. The average Bonchev–Trinajstić information content (AvgIpc) is 2.97. The molecule has 2 aliphatic heterocycles. The lowest BCUT2D eigenvalue weighted by Crippen LogP contribution is -2.72. The lowest BCUT2D eigenvalue weighted by molar-refractivity contribution is -0.171. The van der Waals surface area contributed by atoms with Gasteiger partial charge in [0.05, 0.1) is 6.10 Å². The van der Waals surface area contributed by atoms with E-state index in [1.165, 1.54) is 51.6 Å². The van der Waals surface area contributed by atoms with Gasteiger partial charge in [-0.1, -0.05) is 6.42 Å². The first-order valence-corrected chi connectivity index (χ1v) is 10.6. The Morgan fingerprint density at radius 1 is 1.19 bits per heavy atom. The SMILES string of the molecule is CCN=C(NC1CCN(C(C)C)CC1)NC1C2CCOC2C12CCC2.I. The van der Waals surface area contributed by atoms with Gasteiger partial charge in [-0.2, -0.15) is 0 Å². The van der Waals surface area contributed by atoms with Crippen molar-refractivity contribution in [1.29, 1.82) is 0 Å². The molecule has 2 saturated heterocycles. The summed E-state index contributed by atoms with van der Waals surface area (Å²) in [5.74, 6) is 1.75. The molecule has 4 aliphatic rings. The normalized spacial score (nSPS) is 34.0. The van der Waals surface area contributed by atoms with E-state index in [2.05, 4.69) is 36.3 Å². The molecule has 0 radical (unpaired) electrons. The number of nitrogens with one attached hydrogen (secondary N) is 2. The Labute approximate surface area is 176 Å². The van der Waals surface area contributed by atoms with Gasteiger partial charge in [0.15, 0.2) is 5.96 Å². The highest BCUT2D eigenvalue weighted by atomic mass is 127. The fourth-order valence-electron chi connectivity index (χ4n) is 5.65. The quantitative estimate of drug-likeness (QED) is 0.372. The third-order valence-corrected chi connectivity index (χ3v) is 7.25. The molecule has 0 bridgehead atoms. The molecule has 0 aromatic carbocycles. The number of nitrogens with zero attached hydrogens (tertiary/aromatic N) is 2. The lowest BCUT2D eigenvalue weighted by Gasteiger charge is -2.63. The molecule has 2 saturated carbocycles. The number of halogens is 1. The average molecular weight is 476 g/mol. The van der Waals surface area contributed by atoms with Gasteiger partial charge in [0.2, 0.25) is 0 Å². The summed E-state index contributed by atoms with van der Waals surface area (Å²) in [6.45, 7) is 10.9. The van der Waals surface area contributed by atoms with Crippen molar-refractivity contribution in [2.45, 2.75) is 83.5 Å². The first kappa shape index (κ1) is 20.6. The van der Waals surface area contributed by atoms with Gasteiger partial charge < -0.3 is 20.3 Å². The van der Waals surface area contributed by atoms with Gasteiger partial charge in [0.25, 0.3) is 0 Å². The molecule has 6 heteroatoms. The van der Waals surface area contributed by atoms with Crippen molar-refractivity contribution in [1.82, 2.24) is 15.5 Å². The van der Waals surface area contributed by atoms with Crippen LogP contribution < -0.4 is 10.6 Å². The fraction of sp³-hybridized carbons (Fsp3) is 0.950. The minimum absolute atomic E-state index is 0. The Morgan fingerprint density at radius 2 is 1.92 bits per heavy atom. The number of piperidine rings is 1. The molecule has 1 spiro atoms. The summed E-state index contributed by atoms with van der Waals surface area (Å²) in [5, 5.41) is 7.60. The zero-order chi connectivity index (χ0) is 17.4. The van der Waals surface area contributed by atoms with E-state index >= 15 is 0 Å². The molecule has 5 nitrogen and oxygen atoms in total. The second kappa shape index (κ2) is 8.52. The van der Waals surface area contributed by atoms with Gasteiger partial charge >= 0.3 is 0 Å². The zero-order valence-corrected chi connectivity index (χ0v) is 19.0. The van der Waals surface area contributed by atoms with Crippen molar-refractivity contribution in [3.8, 4) is 0 Å². The maximum atomic E-state index is 6.06. The summed E-state index contributed by atoms with van der Waals surface area (Å²) in [4.78, 5) is 7.35. The predicted molar refractivity (Wildman–Crippen MR) is 117 cm³/mol. The minimum atomic E-state index is 0. The molecule has 2 N–H and O–H groups in total. The number of rotatable bonds is 4. The van der Waals surface area contributed by atoms with Gasteiger partial charge in [0.1, 0.15) is 0 Å². The number of fused-ring (bicyclic) bond motifs is 2. The molecule has 0 aromatic rings. The molecule has 150 valence electrons. The highest BCUT2D eigenvalue weighted by Crippen LogP contribution is 2.62. The second-order valence-electron chi connectivity index (χ2n) is 8.82. The van der Waals surface area contributed by atoms with E-state index in [1.54, 1.807) is 0 Å². The fourth-order valence-corrected chi connectivity index (χ4v) is 5.65. The van der Waals surface area contributed by atoms with Gasteiger partial charge in [-0.3, -0.25) is 4.99 Å². The topological polar surface area (TPSA) is 48.9 Å². The molecule has 0 amide bonds. The van der Waals surface area contributed by atoms with Crippen LogP contribution in [0.4, 0.5) is 0 Å². The maximum absolute atomic E-state index is 6.06. The standard InChI is InChI=1S/C20H36N4O.HI/c1-4-21-19(22-15-6-11-24(12-7-15)14(2)3)23-17-16-8-13-25-18(16)20(17)9-5-10-20;/h14-18H,4-13H2,1-3H3,(H2,21,22,23);1H. The molecule has 4 fully saturated rings. The Morgan fingerprint density at radius 3 is 2.50 bits per heavy atom. The van der Waals surface area contributed by atoms with E-state index in [0.717, 1.165) is 19.1 Å². The van der Waals surface area contributed by atoms with Crippen molar-refractivity contribution >= 4 is 29.9 Å². The van der Waals surface area contributed by atoms with Crippen LogP contribution in [0.15, 0.2) is 4.99 Å². The van der Waals surface area contributed by atoms with Crippen molar-refractivity contribution in [3.63, 3.8) is 0 Å². The Hall–Kier alpha value is -0.0800. The Kier molecular flexibility index (Phi) is 6.76. The van der Waals surface area contributed by atoms with Crippen LogP contribution in [0.2, 0.25) is 0 Å². The van der Waals surface area contributed by atoms with E-state index in [4.69, 9.17) is 9.73 Å². The highest BCUT2D eigenvalue weighted by Gasteiger charge is 2.66. The molecule has 3 atom stereocenters. The van der Waals surface area contributed by atoms with Crippen molar-refractivity contribution in [2.24, 2.45) is 16.3 Å². The van der Waals surface area contributed by atoms with Crippen molar-refractivity contribution in [2.75, 3.05) is 26.2 Å². The molecule has 2 heterocycles. The van der Waals surface area contributed by atoms with Gasteiger partial charge in [-0.15, -0.1) is 24.0 Å². The third kappa shape index (κ3) is 3.62. The van der Waals surface area contributed by atoms with Crippen LogP contribution >= 0.6 is 24.0 Å². The monoisotopic (exact) mass is 476 g/mol. The van der Waals surface area contributed by atoms with E-state index in [1.807, 2.05) is 0 Å². The molecule has 2 aliphatic carbocycles. The summed E-state index contributed by atoms with van der Waals surface area (Å²) in [6, 6.07) is 1.79. The summed E-state index contributed by atoms with van der Waals surface area (Å²) in [5.41, 5.74) is 0.415. The summed E-state index contributed by atoms with van der Waals surface area (Å²) in [6.07, 6.45) is 8.20. The van der Waals surface area contributed by atoms with Crippen molar-refractivity contribution in [3.05, 3.63) is 0 Å². The highest BCUT2D eigenvalue weighted by molar-refractivity contribution is 14.0. The number of aliphatic imine (C=N–C) groups is 1. The minimum Gasteiger partial charge on any atom is -0.377 e. The number of guanidine groups is 1. The molecule has 0 aromatic heterocycles. The van der Waals surface area contributed by atoms with Crippen LogP contribution in [0.1, 0.15) is 59.3 Å². The summed E-state index contributed by atoms with van der Waals surface area (Å²) >= 11 is 0. The van der Waals surface area contributed by atoms with E-state index < -0.39 is 0 Å². The maximum Gasteiger partial charge on any atom is 0.191 e. The number of hydrogen-bond donors (Lipinski definition) is 2. The van der Waals surface area contributed by atoms with E-state index in [9.17, 15) is 0 Å². The molecule has 4 rings (SSSR count). The molecular formula is C20H37IN4O. The second-order valence-corrected chi connectivity index (χ2v) is 8.82. The van der Waals surface area contributed by atoms with Crippen LogP contribution in [-0.2, 0) is 4.74 Å². The number of ether oxygens (including phenoxy) is 1. The van der Waals surface area contributed by atoms with E-state index in [0.29, 0.717) is 35.6 Å². The number of likely N-dealkylation sites (tertiary alicyclic amines) is 1. The lowest BCUT2D eigenvalue weighted by atomic mass is 9.46. The molecule has 3 unspecified atom stereocenters. The Balaban J connectivity index is 0.00000196. The summed E-state index contributed by atoms with van der Waals surface area (Å²) in [7, 11) is 0. The molecular weight excluding hydrogens is 439 g/mol. The third-order valence-electron chi connectivity index (χ3n) is 7.25. The van der Waals surface area contributed by atoms with Crippen LogP contribution in [0.25, 0.3) is 0 Å². The van der Waals surface area contributed by atoms with Crippen LogP contribution in [0, 0.1) is 11.3 Å². The van der Waals surface area contributed by atoms with Crippen LogP contribution in [-0.4, -0.2) is 61.3 Å². The first-order valence-electron chi connectivity index (χ1n) is 10.6. The Bertz CT molecular complexity index is 500.